The van der Waals surface area contributed by atoms with Gasteiger partial charge in [-0.1, -0.05) is 84.9 Å². The monoisotopic (exact) mass is 381 g/mol. The van der Waals surface area contributed by atoms with E-state index in [1.54, 1.807) is 0 Å². The lowest BCUT2D eigenvalue weighted by Crippen LogP contribution is -2.14. The van der Waals surface area contributed by atoms with Crippen molar-refractivity contribution in [2.24, 2.45) is 16.7 Å². The lowest BCUT2D eigenvalue weighted by Gasteiger charge is -2.29. The van der Waals surface area contributed by atoms with Crippen LogP contribution in [0.3, 0.4) is 0 Å². The van der Waals surface area contributed by atoms with Crippen molar-refractivity contribution in [3.05, 3.63) is 65.5 Å². The number of benzene rings is 1. The third-order valence-corrected chi connectivity index (χ3v) is 4.70. The molecule has 0 aromatic heterocycles. The van der Waals surface area contributed by atoms with E-state index in [0.29, 0.717) is 6.42 Å². The molecule has 0 heterocycles. The van der Waals surface area contributed by atoms with Crippen molar-refractivity contribution in [1.82, 2.24) is 0 Å². The Kier molecular flexibility index (Phi) is 8.43. The van der Waals surface area contributed by atoms with Gasteiger partial charge in [0.15, 0.2) is 0 Å². The molecule has 1 unspecified atom stereocenters. The molecule has 2 heteroatoms. The Morgan fingerprint density at radius 2 is 1.68 bits per heavy atom. The summed E-state index contributed by atoms with van der Waals surface area (Å²) < 4.78 is 13.5. The number of nitrogens with zero attached hydrogens (tertiary/aromatic N) is 1. The topological polar surface area (TPSA) is 23.8 Å². The summed E-state index contributed by atoms with van der Waals surface area (Å²) in [7, 11) is 0. The number of hydrogen-bond donors (Lipinski definition) is 0. The van der Waals surface area contributed by atoms with E-state index in [9.17, 15) is 9.65 Å². The molecule has 0 radical (unpaired) electrons. The molecule has 1 aromatic rings. The van der Waals surface area contributed by atoms with Crippen LogP contribution in [-0.2, 0) is 0 Å². The van der Waals surface area contributed by atoms with Crippen LogP contribution in [0.1, 0.15) is 73.3 Å². The predicted octanol–water partition coefficient (Wildman–Crippen LogP) is 8.11. The molecule has 0 spiro atoms. The molecule has 0 saturated carbocycles. The lowest BCUT2D eigenvalue weighted by molar-refractivity contribution is 0.422. The third-order valence-electron chi connectivity index (χ3n) is 4.70. The molecule has 1 atom stereocenters. The highest BCUT2D eigenvalue weighted by atomic mass is 19.1. The van der Waals surface area contributed by atoms with Crippen LogP contribution in [0.25, 0.3) is 5.57 Å². The van der Waals surface area contributed by atoms with E-state index in [1.165, 1.54) is 23.3 Å². The van der Waals surface area contributed by atoms with Crippen molar-refractivity contribution in [1.29, 1.82) is 5.26 Å². The van der Waals surface area contributed by atoms with Crippen LogP contribution in [0, 0.1) is 33.9 Å². The highest BCUT2D eigenvalue weighted by molar-refractivity contribution is 5.72. The number of allylic oxidation sites excluding steroid dienone is 5. The summed E-state index contributed by atoms with van der Waals surface area (Å²) in [5, 5.41) is 9.21. The smallest absolute Gasteiger partial charge is 0.123 e. The second kappa shape index (κ2) is 9.87. The van der Waals surface area contributed by atoms with Crippen LogP contribution in [0.4, 0.5) is 4.39 Å². The number of halogens is 1. The predicted molar refractivity (Wildman–Crippen MR) is 119 cm³/mol. The maximum atomic E-state index is 13.5. The molecule has 152 valence electrons. The van der Waals surface area contributed by atoms with Gasteiger partial charge in [-0.25, -0.2) is 4.39 Å². The molecule has 0 N–H and O–H groups in total. The van der Waals surface area contributed by atoms with Crippen molar-refractivity contribution in [2.45, 2.75) is 67.7 Å². The van der Waals surface area contributed by atoms with E-state index >= 15 is 0 Å². The van der Waals surface area contributed by atoms with Crippen LogP contribution in [-0.4, -0.2) is 0 Å². The largest absolute Gasteiger partial charge is 0.207 e. The van der Waals surface area contributed by atoms with Gasteiger partial charge >= 0.3 is 0 Å². The average molecular weight is 382 g/mol. The standard InChI is InChI=1S/C26H36FN/c1-9-20(18-28)16-19(2)10-15-24(26(6,7)8)23(17-25(3,4)5)21-11-13-22(27)14-12-21/h10-15,20H,2,9,16-17H2,1,3-8H3/b15-10+,24-23+. The first-order valence-electron chi connectivity index (χ1n) is 10.1. The van der Waals surface area contributed by atoms with Gasteiger partial charge in [0.05, 0.1) is 12.0 Å². The maximum Gasteiger partial charge on any atom is 0.123 e. The van der Waals surface area contributed by atoms with Crippen LogP contribution >= 0.6 is 0 Å². The van der Waals surface area contributed by atoms with Gasteiger partial charge < -0.3 is 0 Å². The molecule has 1 aromatic carbocycles. The minimum atomic E-state index is -0.220. The molecule has 0 bridgehead atoms. The van der Waals surface area contributed by atoms with Crippen LogP contribution < -0.4 is 0 Å². The van der Waals surface area contributed by atoms with Gasteiger partial charge in [0.1, 0.15) is 5.82 Å². The fraction of sp³-hybridized carbons (Fsp3) is 0.500. The summed E-state index contributed by atoms with van der Waals surface area (Å²) in [6, 6.07) is 9.14. The highest BCUT2D eigenvalue weighted by Gasteiger charge is 2.24. The molecule has 0 aliphatic rings. The third kappa shape index (κ3) is 7.85. The zero-order valence-electron chi connectivity index (χ0n) is 18.7. The SMILES string of the molecule is C=C(/C=C/C(=C(/CC(C)(C)C)c1ccc(F)cc1)C(C)(C)C)CC(C#N)CC. The molecule has 0 fully saturated rings. The number of hydrogen-bond acceptors (Lipinski definition) is 1. The summed E-state index contributed by atoms with van der Waals surface area (Å²) in [5.41, 5.74) is 4.49. The van der Waals surface area contributed by atoms with Gasteiger partial charge in [-0.3, -0.25) is 0 Å². The second-order valence-electron chi connectivity index (χ2n) is 9.82. The molecule has 28 heavy (non-hydrogen) atoms. The van der Waals surface area contributed by atoms with Gasteiger partial charge in [-0.2, -0.15) is 5.26 Å². The molecule has 0 saturated heterocycles. The first-order valence-corrected chi connectivity index (χ1v) is 10.1. The molecule has 1 nitrogen and oxygen atoms in total. The maximum absolute atomic E-state index is 13.5. The van der Waals surface area contributed by atoms with E-state index in [4.69, 9.17) is 0 Å². The Labute approximate surface area is 171 Å². The lowest BCUT2D eigenvalue weighted by atomic mass is 9.76. The molecule has 0 aliphatic heterocycles. The van der Waals surface area contributed by atoms with Gasteiger partial charge in [-0.15, -0.1) is 0 Å². The Balaban J connectivity index is 3.45. The van der Waals surface area contributed by atoms with Crippen molar-refractivity contribution < 1.29 is 4.39 Å². The summed E-state index contributed by atoms with van der Waals surface area (Å²) >= 11 is 0. The molecule has 0 aliphatic carbocycles. The first-order chi connectivity index (χ1) is 12.9. The van der Waals surface area contributed by atoms with E-state index in [0.717, 1.165) is 24.0 Å². The summed E-state index contributed by atoms with van der Waals surface area (Å²) in [5.74, 6) is -0.215. The summed E-state index contributed by atoms with van der Waals surface area (Å²) in [6.45, 7) is 19.4. The van der Waals surface area contributed by atoms with Gasteiger partial charge in [-0.05, 0) is 58.9 Å². The average Bonchev–Trinajstić information content (AvgIpc) is 2.57. The normalized spacial score (nSPS) is 14.5. The van der Waals surface area contributed by atoms with Gasteiger partial charge in [0.25, 0.3) is 0 Å². The Morgan fingerprint density at radius 3 is 2.11 bits per heavy atom. The van der Waals surface area contributed by atoms with Crippen molar-refractivity contribution in [3.8, 4) is 6.07 Å². The minimum Gasteiger partial charge on any atom is -0.207 e. The number of nitriles is 1. The fourth-order valence-electron chi connectivity index (χ4n) is 3.20. The quantitative estimate of drug-likeness (QED) is 0.437. The van der Waals surface area contributed by atoms with Crippen LogP contribution in [0.15, 0.2) is 54.1 Å². The molecular weight excluding hydrogens is 345 g/mol. The zero-order valence-corrected chi connectivity index (χ0v) is 18.7. The second-order valence-corrected chi connectivity index (χ2v) is 9.82. The van der Waals surface area contributed by atoms with E-state index in [2.05, 4.69) is 60.3 Å². The van der Waals surface area contributed by atoms with Crippen molar-refractivity contribution in [2.75, 3.05) is 0 Å². The van der Waals surface area contributed by atoms with Gasteiger partial charge in [0, 0.05) is 0 Å². The Bertz CT molecular complexity index is 759. The van der Waals surface area contributed by atoms with E-state index in [1.807, 2.05) is 25.1 Å². The zero-order chi connectivity index (χ0) is 21.5. The van der Waals surface area contributed by atoms with E-state index < -0.39 is 0 Å². The first kappa shape index (κ1) is 23.9. The fourth-order valence-corrected chi connectivity index (χ4v) is 3.20. The Hall–Kier alpha value is -2.14. The summed E-state index contributed by atoms with van der Waals surface area (Å²) in [6.07, 6.45) is 6.60. The van der Waals surface area contributed by atoms with E-state index in [-0.39, 0.29) is 22.6 Å². The van der Waals surface area contributed by atoms with Gasteiger partial charge in [0.2, 0.25) is 0 Å². The van der Waals surface area contributed by atoms with Crippen molar-refractivity contribution in [3.63, 3.8) is 0 Å². The molecule has 0 amide bonds. The minimum absolute atomic E-state index is 0.00496. The summed E-state index contributed by atoms with van der Waals surface area (Å²) in [4.78, 5) is 0. The highest BCUT2D eigenvalue weighted by Crippen LogP contribution is 2.40. The van der Waals surface area contributed by atoms with Crippen LogP contribution in [0.2, 0.25) is 0 Å². The molecule has 1 rings (SSSR count). The molecular formula is C26H36FN. The van der Waals surface area contributed by atoms with Crippen molar-refractivity contribution >= 4 is 5.57 Å². The Morgan fingerprint density at radius 1 is 1.11 bits per heavy atom. The number of rotatable bonds is 7. The van der Waals surface area contributed by atoms with Crippen LogP contribution in [0.5, 0.6) is 0 Å².